The standard InChI is InChI=1S/C18H28N6O8S/c19-8-11(17(30)22-2-4-25)23-15(28)10-32-5-3-21-14(27)9-24-16(29)7-12(18(24)31)33-6-1-13(20)26/h4,11-12H,1-3,5-10,19H2,(H2,20,26)(H,21,27)(H,22,30)(H,23,28). The average molecular weight is 489 g/mol. The maximum atomic E-state index is 12.3. The molecule has 15 heteroatoms. The highest BCUT2D eigenvalue weighted by Crippen LogP contribution is 2.25. The number of nitrogens with two attached hydrogens (primary N) is 2. The molecule has 0 aliphatic carbocycles. The number of carbonyl (C=O) groups is 7. The fourth-order valence-electron chi connectivity index (χ4n) is 2.61. The highest BCUT2D eigenvalue weighted by Gasteiger charge is 2.39. The number of aldehydes is 1. The molecule has 14 nitrogen and oxygen atoms in total. The number of likely N-dealkylation sites (tertiary alicyclic amines) is 1. The Kier molecular flexibility index (Phi) is 12.7. The van der Waals surface area contributed by atoms with Gasteiger partial charge in [-0.3, -0.25) is 33.7 Å². The fraction of sp³-hybridized carbons (Fsp3) is 0.611. The largest absolute Gasteiger partial charge is 0.370 e. The van der Waals surface area contributed by atoms with Gasteiger partial charge in [-0.25, -0.2) is 0 Å². The van der Waals surface area contributed by atoms with Gasteiger partial charge in [-0.1, -0.05) is 0 Å². The molecular formula is C18H28N6O8S. The Balaban J connectivity index is 2.26. The monoisotopic (exact) mass is 488 g/mol. The molecule has 1 saturated heterocycles. The van der Waals surface area contributed by atoms with Crippen LogP contribution in [0.2, 0.25) is 0 Å². The molecule has 0 aromatic heterocycles. The van der Waals surface area contributed by atoms with Crippen LogP contribution < -0.4 is 27.4 Å². The lowest BCUT2D eigenvalue weighted by molar-refractivity contribution is -0.142. The summed E-state index contributed by atoms with van der Waals surface area (Å²) in [7, 11) is 0. The smallest absolute Gasteiger partial charge is 0.246 e. The van der Waals surface area contributed by atoms with E-state index in [0.717, 1.165) is 16.7 Å². The molecule has 1 aliphatic rings. The first kappa shape index (κ1) is 28.0. The number of hydrogen-bond acceptors (Lipinski definition) is 10. The van der Waals surface area contributed by atoms with E-state index in [1.165, 1.54) is 0 Å². The van der Waals surface area contributed by atoms with Crippen molar-refractivity contribution in [1.29, 1.82) is 0 Å². The summed E-state index contributed by atoms with van der Waals surface area (Å²) >= 11 is 1.14. The van der Waals surface area contributed by atoms with Crippen LogP contribution in [-0.4, -0.2) is 103 Å². The summed E-state index contributed by atoms with van der Waals surface area (Å²) in [5, 5.41) is 6.43. The number of imide groups is 1. The molecule has 1 aliphatic heterocycles. The van der Waals surface area contributed by atoms with E-state index in [9.17, 15) is 33.6 Å². The van der Waals surface area contributed by atoms with Crippen LogP contribution in [0.15, 0.2) is 0 Å². The van der Waals surface area contributed by atoms with Crippen molar-refractivity contribution in [3.05, 3.63) is 0 Å². The van der Waals surface area contributed by atoms with E-state index >= 15 is 0 Å². The number of thioether (sulfide) groups is 1. The third-order valence-electron chi connectivity index (χ3n) is 4.22. The van der Waals surface area contributed by atoms with Gasteiger partial charge in [0.05, 0.1) is 18.4 Å². The van der Waals surface area contributed by atoms with Crippen molar-refractivity contribution in [2.75, 3.05) is 45.1 Å². The molecule has 0 aromatic rings. The van der Waals surface area contributed by atoms with E-state index < -0.39 is 59.9 Å². The summed E-state index contributed by atoms with van der Waals surface area (Å²) in [4.78, 5) is 81.6. The van der Waals surface area contributed by atoms with Crippen LogP contribution in [0.25, 0.3) is 0 Å². The first-order chi connectivity index (χ1) is 15.7. The Labute approximate surface area is 193 Å². The second-order valence-electron chi connectivity index (χ2n) is 6.77. The molecule has 0 spiro atoms. The molecular weight excluding hydrogens is 460 g/mol. The average Bonchev–Trinajstić information content (AvgIpc) is 3.02. The molecule has 0 radical (unpaired) electrons. The third-order valence-corrected chi connectivity index (χ3v) is 5.43. The predicted molar refractivity (Wildman–Crippen MR) is 115 cm³/mol. The van der Waals surface area contributed by atoms with E-state index in [4.69, 9.17) is 16.2 Å². The van der Waals surface area contributed by atoms with E-state index in [1.807, 2.05) is 0 Å². The normalized spacial score (nSPS) is 16.3. The van der Waals surface area contributed by atoms with Gasteiger partial charge in [0.2, 0.25) is 35.4 Å². The molecule has 33 heavy (non-hydrogen) atoms. The van der Waals surface area contributed by atoms with Crippen molar-refractivity contribution < 1.29 is 38.3 Å². The number of ether oxygens (including phenoxy) is 1. The molecule has 6 amide bonds. The zero-order chi connectivity index (χ0) is 24.8. The Morgan fingerprint density at radius 2 is 1.94 bits per heavy atom. The maximum absolute atomic E-state index is 12.3. The minimum Gasteiger partial charge on any atom is -0.370 e. The van der Waals surface area contributed by atoms with Crippen LogP contribution in [0.3, 0.4) is 0 Å². The lowest BCUT2D eigenvalue weighted by Crippen LogP contribution is -2.52. The van der Waals surface area contributed by atoms with Crippen LogP contribution in [-0.2, 0) is 38.3 Å². The fourth-order valence-corrected chi connectivity index (χ4v) is 3.74. The van der Waals surface area contributed by atoms with Crippen molar-refractivity contribution in [3.63, 3.8) is 0 Å². The molecule has 0 bridgehead atoms. The number of nitrogens with zero attached hydrogens (tertiary/aromatic N) is 1. The lowest BCUT2D eigenvalue weighted by atomic mass is 10.2. The SMILES string of the molecule is NCC(NC(=O)COCCNC(=O)CN1C(=O)CC(SCCC(N)=O)C1=O)C(=O)NCC=O. The van der Waals surface area contributed by atoms with Gasteiger partial charge < -0.3 is 36.9 Å². The molecule has 184 valence electrons. The number of rotatable bonds is 16. The zero-order valence-electron chi connectivity index (χ0n) is 17.9. The zero-order valence-corrected chi connectivity index (χ0v) is 18.7. The number of primary amides is 1. The second-order valence-corrected chi connectivity index (χ2v) is 8.08. The van der Waals surface area contributed by atoms with Crippen LogP contribution in [0.1, 0.15) is 12.8 Å². The minimum absolute atomic E-state index is 0.0132. The lowest BCUT2D eigenvalue weighted by Gasteiger charge is -2.16. The van der Waals surface area contributed by atoms with Crippen molar-refractivity contribution in [2.24, 2.45) is 11.5 Å². The number of amides is 6. The Morgan fingerprint density at radius 3 is 2.58 bits per heavy atom. The molecule has 0 aromatic carbocycles. The summed E-state index contributed by atoms with van der Waals surface area (Å²) in [5.41, 5.74) is 10.5. The summed E-state index contributed by atoms with van der Waals surface area (Å²) in [6.45, 7) is -1.26. The molecule has 0 saturated carbocycles. The van der Waals surface area contributed by atoms with E-state index in [-0.39, 0.29) is 39.1 Å². The first-order valence-electron chi connectivity index (χ1n) is 9.98. The Bertz CT molecular complexity index is 764. The molecule has 7 N–H and O–H groups in total. The summed E-state index contributed by atoms with van der Waals surface area (Å²) in [5.74, 6) is -2.98. The van der Waals surface area contributed by atoms with Crippen LogP contribution in [0.5, 0.6) is 0 Å². The number of hydrogen-bond donors (Lipinski definition) is 5. The molecule has 2 atom stereocenters. The Hall–Kier alpha value is -3.04. The maximum Gasteiger partial charge on any atom is 0.246 e. The van der Waals surface area contributed by atoms with Gasteiger partial charge in [0.25, 0.3) is 0 Å². The quantitative estimate of drug-likeness (QED) is 0.0797. The summed E-state index contributed by atoms with van der Waals surface area (Å²) in [6.07, 6.45) is 0.524. The van der Waals surface area contributed by atoms with Crippen molar-refractivity contribution in [3.8, 4) is 0 Å². The van der Waals surface area contributed by atoms with Crippen molar-refractivity contribution in [2.45, 2.75) is 24.1 Å². The van der Waals surface area contributed by atoms with Gasteiger partial charge in [-0.2, -0.15) is 0 Å². The van der Waals surface area contributed by atoms with E-state index in [1.54, 1.807) is 0 Å². The number of carbonyl (C=O) groups excluding carboxylic acids is 7. The van der Waals surface area contributed by atoms with Gasteiger partial charge >= 0.3 is 0 Å². The second kappa shape index (κ2) is 14.9. The van der Waals surface area contributed by atoms with Crippen LogP contribution >= 0.6 is 11.8 Å². The molecule has 1 fully saturated rings. The highest BCUT2D eigenvalue weighted by molar-refractivity contribution is 8.00. The molecule has 1 rings (SSSR count). The topological polar surface area (TPSA) is 220 Å². The van der Waals surface area contributed by atoms with Gasteiger partial charge in [0.15, 0.2) is 0 Å². The van der Waals surface area contributed by atoms with Gasteiger partial charge in [0.1, 0.15) is 25.5 Å². The first-order valence-corrected chi connectivity index (χ1v) is 11.0. The molecule has 1 heterocycles. The summed E-state index contributed by atoms with van der Waals surface area (Å²) < 4.78 is 5.10. The van der Waals surface area contributed by atoms with E-state index in [2.05, 4.69) is 16.0 Å². The Morgan fingerprint density at radius 1 is 1.21 bits per heavy atom. The minimum atomic E-state index is -1.02. The van der Waals surface area contributed by atoms with Crippen LogP contribution in [0.4, 0.5) is 0 Å². The predicted octanol–water partition coefficient (Wildman–Crippen LogP) is -4.39. The van der Waals surface area contributed by atoms with Gasteiger partial charge in [0, 0.05) is 31.7 Å². The van der Waals surface area contributed by atoms with Gasteiger partial charge in [-0.05, 0) is 0 Å². The van der Waals surface area contributed by atoms with Crippen molar-refractivity contribution >= 4 is 53.5 Å². The third kappa shape index (κ3) is 10.4. The molecule has 2 unspecified atom stereocenters. The van der Waals surface area contributed by atoms with Gasteiger partial charge in [-0.15, -0.1) is 11.8 Å². The number of nitrogens with one attached hydrogen (secondary N) is 3. The van der Waals surface area contributed by atoms with Crippen molar-refractivity contribution in [1.82, 2.24) is 20.9 Å². The van der Waals surface area contributed by atoms with E-state index in [0.29, 0.717) is 12.0 Å². The highest BCUT2D eigenvalue weighted by atomic mass is 32.2. The van der Waals surface area contributed by atoms with Crippen LogP contribution in [0, 0.1) is 0 Å². The summed E-state index contributed by atoms with van der Waals surface area (Å²) in [6, 6.07) is -1.02.